The summed E-state index contributed by atoms with van der Waals surface area (Å²) in [6, 6.07) is 14.0. The fourth-order valence-corrected chi connectivity index (χ4v) is 12.3. The number of halogens is 1. The van der Waals surface area contributed by atoms with E-state index < -0.39 is 34.9 Å². The number of benzene rings is 2. The van der Waals surface area contributed by atoms with Crippen molar-refractivity contribution in [3.8, 4) is 0 Å². The van der Waals surface area contributed by atoms with Gasteiger partial charge in [0, 0.05) is 66.7 Å². The van der Waals surface area contributed by atoms with Crippen molar-refractivity contribution in [1.29, 1.82) is 0 Å². The maximum absolute atomic E-state index is 15.5. The van der Waals surface area contributed by atoms with Crippen molar-refractivity contribution in [2.24, 2.45) is 33.7 Å². The number of carbonyl (C=O) groups excluding carboxylic acids is 1. The molecular weight excluding hydrogens is 635 g/mol. The molecule has 0 aromatic heterocycles. The fraction of sp³-hybridized carbons (Fsp3) is 0.650. The topological polar surface area (TPSA) is 112 Å². The van der Waals surface area contributed by atoms with Crippen LogP contribution in [0.25, 0.3) is 0 Å². The Hall–Kier alpha value is -2.89. The Morgan fingerprint density at radius 3 is 2.42 bits per heavy atom. The maximum Gasteiger partial charge on any atom is 0.253 e. The van der Waals surface area contributed by atoms with E-state index >= 15 is 4.39 Å². The third kappa shape index (κ3) is 4.35. The molecular formula is C40H51FN4O5. The highest BCUT2D eigenvalue weighted by atomic mass is 19.1. The van der Waals surface area contributed by atoms with Gasteiger partial charge in [-0.05, 0) is 93.7 Å². The van der Waals surface area contributed by atoms with Crippen LogP contribution in [0.3, 0.4) is 0 Å². The SMILES string of the molecule is CN1CCN(C(=O)c2ccc(N3N=C(C4CC[C@]56O[C@]57CCC5C[C@@H](O)CC[C@]5(C)C7[C@H](O)[C@@H](O)[C@]46C)CC3c3ccccc3F)cc2)CC1. The van der Waals surface area contributed by atoms with Crippen molar-refractivity contribution in [2.75, 3.05) is 38.2 Å². The minimum absolute atomic E-state index is 0.0129. The normalized spacial score (nSPS) is 43.8. The van der Waals surface area contributed by atoms with Crippen molar-refractivity contribution >= 4 is 17.3 Å². The summed E-state index contributed by atoms with van der Waals surface area (Å²) in [6.45, 7) is 7.46. The molecule has 0 bridgehead atoms. The number of amides is 1. The summed E-state index contributed by atoms with van der Waals surface area (Å²) in [5.41, 5.74) is 0.794. The van der Waals surface area contributed by atoms with Gasteiger partial charge in [-0.3, -0.25) is 9.80 Å². The number of aliphatic hydroxyl groups excluding tert-OH is 3. The Morgan fingerprint density at radius 1 is 0.940 bits per heavy atom. The number of ether oxygens (including phenoxy) is 1. The molecule has 4 saturated carbocycles. The summed E-state index contributed by atoms with van der Waals surface area (Å²) >= 11 is 0. The molecule has 9 nitrogen and oxygen atoms in total. The molecule has 50 heavy (non-hydrogen) atoms. The average molecular weight is 687 g/mol. The second kappa shape index (κ2) is 11.3. The van der Waals surface area contributed by atoms with Crippen molar-refractivity contribution < 1.29 is 29.2 Å². The molecule has 6 fully saturated rings. The number of likely N-dealkylation sites (N-methyl/N-ethyl adjacent to an activating group) is 1. The highest BCUT2D eigenvalue weighted by Gasteiger charge is 2.90. The first kappa shape index (κ1) is 33.0. The molecule has 2 aromatic rings. The number of hydrogen-bond donors (Lipinski definition) is 3. The predicted octanol–water partition coefficient (Wildman–Crippen LogP) is 4.76. The monoisotopic (exact) mass is 686 g/mol. The van der Waals surface area contributed by atoms with Crippen LogP contribution in [0.5, 0.6) is 0 Å². The van der Waals surface area contributed by atoms with Crippen LogP contribution in [0.2, 0.25) is 0 Å². The van der Waals surface area contributed by atoms with Gasteiger partial charge in [-0.2, -0.15) is 5.10 Å². The number of aliphatic hydroxyl groups is 3. The van der Waals surface area contributed by atoms with Crippen molar-refractivity contribution in [3.63, 3.8) is 0 Å². The van der Waals surface area contributed by atoms with E-state index in [1.165, 1.54) is 6.07 Å². The van der Waals surface area contributed by atoms with Gasteiger partial charge in [-0.1, -0.05) is 32.0 Å². The standard InChI is InChI=1S/C40H51FN4O5/c1-37-15-13-27(46)22-25(37)12-16-39-34(37)33(47)35(48)38(2)29(14-17-40(38,39)50-39)31-23-32(28-6-4-5-7-30(28)41)45(42-31)26-10-8-24(9-11-26)36(49)44-20-18-43(3)19-21-44/h4-11,25,27,29,32-35,46-48H,12-23H2,1-3H3/t25?,27-,29?,32?,33-,34?,35+,37-,38-,39-,40+/m0/s1. The molecule has 3 N–H and O–H groups in total. The van der Waals surface area contributed by atoms with Crippen molar-refractivity contribution in [3.05, 3.63) is 65.5 Å². The van der Waals surface area contributed by atoms with Gasteiger partial charge in [0.1, 0.15) is 17.0 Å². The highest BCUT2D eigenvalue weighted by Crippen LogP contribution is 2.81. The van der Waals surface area contributed by atoms with E-state index in [9.17, 15) is 20.1 Å². The number of carbonyl (C=O) groups is 1. The Morgan fingerprint density at radius 2 is 1.68 bits per heavy atom. The molecule has 2 spiro atoms. The summed E-state index contributed by atoms with van der Waals surface area (Å²) < 4.78 is 22.5. The van der Waals surface area contributed by atoms with Gasteiger partial charge in [0.2, 0.25) is 0 Å². The van der Waals surface area contributed by atoms with Gasteiger partial charge in [0.05, 0.1) is 30.0 Å². The third-order valence-electron chi connectivity index (χ3n) is 15.0. The van der Waals surface area contributed by atoms with Gasteiger partial charge in [0.15, 0.2) is 0 Å². The first-order chi connectivity index (χ1) is 23.9. The number of rotatable bonds is 4. The second-order valence-electron chi connectivity index (χ2n) is 17.1. The minimum atomic E-state index is -1.01. The smallest absolute Gasteiger partial charge is 0.253 e. The average Bonchev–Trinajstić information content (AvgIpc) is 3.39. The molecule has 11 atom stereocenters. The number of epoxide rings is 1. The molecule has 3 heterocycles. The van der Waals surface area contributed by atoms with Crippen molar-refractivity contribution in [1.82, 2.24) is 9.80 Å². The minimum Gasteiger partial charge on any atom is -0.393 e. The van der Waals surface area contributed by atoms with Gasteiger partial charge in [-0.25, -0.2) is 4.39 Å². The van der Waals surface area contributed by atoms with E-state index in [2.05, 4.69) is 25.8 Å². The first-order valence-corrected chi connectivity index (χ1v) is 18.9. The van der Waals surface area contributed by atoms with Gasteiger partial charge < -0.3 is 29.9 Å². The molecule has 2 saturated heterocycles. The lowest BCUT2D eigenvalue weighted by atomic mass is 9.43. The molecule has 9 rings (SSSR count). The third-order valence-corrected chi connectivity index (χ3v) is 15.0. The lowest BCUT2D eigenvalue weighted by molar-refractivity contribution is -0.192. The maximum atomic E-state index is 15.5. The largest absolute Gasteiger partial charge is 0.393 e. The number of nitrogens with zero attached hydrogens (tertiary/aromatic N) is 4. The van der Waals surface area contributed by atoms with Crippen molar-refractivity contribution in [2.45, 2.75) is 101 Å². The van der Waals surface area contributed by atoms with Crippen LogP contribution in [-0.4, -0.2) is 99.5 Å². The fourth-order valence-electron chi connectivity index (χ4n) is 12.3. The van der Waals surface area contributed by atoms with E-state index in [1.807, 2.05) is 46.3 Å². The Bertz CT molecular complexity index is 1720. The van der Waals surface area contributed by atoms with Crippen LogP contribution < -0.4 is 5.01 Å². The summed E-state index contributed by atoms with van der Waals surface area (Å²) in [5, 5.41) is 42.1. The molecule has 10 heteroatoms. The molecule has 1 amide bonds. The van der Waals surface area contributed by atoms with Crippen LogP contribution in [0.4, 0.5) is 10.1 Å². The Labute approximate surface area is 294 Å². The summed E-state index contributed by atoms with van der Waals surface area (Å²) in [4.78, 5) is 17.4. The van der Waals surface area contributed by atoms with Crippen LogP contribution in [0, 0.1) is 34.4 Å². The van der Waals surface area contributed by atoms with E-state index in [-0.39, 0.29) is 35.1 Å². The summed E-state index contributed by atoms with van der Waals surface area (Å²) in [6.07, 6.45) is 3.81. The number of piperazine rings is 1. The van der Waals surface area contributed by atoms with Crippen LogP contribution >= 0.6 is 0 Å². The van der Waals surface area contributed by atoms with E-state index in [0.29, 0.717) is 43.0 Å². The quantitative estimate of drug-likeness (QED) is 0.398. The lowest BCUT2D eigenvalue weighted by Gasteiger charge is -2.60. The molecule has 0 radical (unpaired) electrons. The van der Waals surface area contributed by atoms with E-state index in [0.717, 1.165) is 63.0 Å². The predicted molar refractivity (Wildman–Crippen MR) is 187 cm³/mol. The Kier molecular flexibility index (Phi) is 7.46. The number of hydrazone groups is 1. The van der Waals surface area contributed by atoms with Gasteiger partial charge in [0.25, 0.3) is 5.91 Å². The molecule has 4 aliphatic carbocycles. The molecule has 3 aliphatic heterocycles. The summed E-state index contributed by atoms with van der Waals surface area (Å²) in [7, 11) is 2.07. The molecule has 7 aliphatic rings. The summed E-state index contributed by atoms with van der Waals surface area (Å²) in [5.74, 6) is -0.340. The number of hydrogen-bond acceptors (Lipinski definition) is 8. The molecule has 4 unspecified atom stereocenters. The zero-order chi connectivity index (χ0) is 34.8. The molecule has 2 aromatic carbocycles. The lowest BCUT2D eigenvalue weighted by Crippen LogP contribution is -2.69. The highest BCUT2D eigenvalue weighted by molar-refractivity contribution is 5.95. The number of anilines is 1. The molecule has 268 valence electrons. The zero-order valence-electron chi connectivity index (χ0n) is 29.5. The van der Waals surface area contributed by atoms with E-state index in [1.54, 1.807) is 6.07 Å². The Balaban J connectivity index is 1.04. The first-order valence-electron chi connectivity index (χ1n) is 18.9. The van der Waals surface area contributed by atoms with Gasteiger partial charge in [-0.15, -0.1) is 0 Å². The van der Waals surface area contributed by atoms with Crippen LogP contribution in [0.1, 0.15) is 87.2 Å². The van der Waals surface area contributed by atoms with E-state index in [4.69, 9.17) is 9.84 Å². The van der Waals surface area contributed by atoms with Crippen LogP contribution in [-0.2, 0) is 4.74 Å². The number of fused-ring (bicyclic) bond motifs is 2. The second-order valence-corrected chi connectivity index (χ2v) is 17.1. The zero-order valence-corrected chi connectivity index (χ0v) is 29.5. The van der Waals surface area contributed by atoms with Crippen LogP contribution in [0.15, 0.2) is 53.6 Å². The van der Waals surface area contributed by atoms with Gasteiger partial charge >= 0.3 is 0 Å².